The first kappa shape index (κ1) is 19.0. The molecule has 0 saturated carbocycles. The van der Waals surface area contributed by atoms with Crippen molar-refractivity contribution in [3.8, 4) is 11.5 Å². The minimum atomic E-state index is -0.793. The van der Waals surface area contributed by atoms with Crippen molar-refractivity contribution >= 4 is 28.4 Å². The number of anilines is 1. The summed E-state index contributed by atoms with van der Waals surface area (Å²) in [5.74, 6) is 0.704. The Hall–Kier alpha value is -3.74. The first-order valence-electron chi connectivity index (χ1n) is 8.71. The van der Waals surface area contributed by atoms with Gasteiger partial charge in [-0.05, 0) is 42.0 Å². The molecule has 7 nitrogen and oxygen atoms in total. The number of carbonyl (C=O) groups is 2. The Kier molecular flexibility index (Phi) is 5.96. The van der Waals surface area contributed by atoms with E-state index in [4.69, 9.17) is 9.47 Å². The number of rotatable bonds is 5. The van der Waals surface area contributed by atoms with Crippen LogP contribution in [0.3, 0.4) is 0 Å². The van der Waals surface area contributed by atoms with Gasteiger partial charge in [-0.3, -0.25) is 10.2 Å². The zero-order valence-electron chi connectivity index (χ0n) is 15.6. The second kappa shape index (κ2) is 8.77. The van der Waals surface area contributed by atoms with E-state index in [1.165, 1.54) is 7.11 Å². The molecule has 3 amide bonds. The third-order valence-electron chi connectivity index (χ3n) is 4.03. The lowest BCUT2D eigenvalue weighted by atomic mass is 10.1. The maximum Gasteiger partial charge on any atom is 0.337 e. The van der Waals surface area contributed by atoms with Gasteiger partial charge in [0.05, 0.1) is 7.11 Å². The summed E-state index contributed by atoms with van der Waals surface area (Å²) in [5.41, 5.74) is 5.16. The van der Waals surface area contributed by atoms with E-state index in [0.29, 0.717) is 17.2 Å². The lowest BCUT2D eigenvalue weighted by Crippen LogP contribution is -2.48. The zero-order chi connectivity index (χ0) is 19.9. The van der Waals surface area contributed by atoms with Gasteiger partial charge in [0.15, 0.2) is 6.10 Å². The molecule has 0 unspecified atom stereocenters. The first-order chi connectivity index (χ1) is 13.5. The molecular weight excluding hydrogens is 358 g/mol. The average Bonchev–Trinajstić information content (AvgIpc) is 2.72. The van der Waals surface area contributed by atoms with Crippen LogP contribution in [-0.2, 0) is 4.79 Å². The Morgan fingerprint density at radius 1 is 0.857 bits per heavy atom. The summed E-state index contributed by atoms with van der Waals surface area (Å²) in [6.45, 7) is 1.60. The van der Waals surface area contributed by atoms with Gasteiger partial charge in [0, 0.05) is 11.8 Å². The van der Waals surface area contributed by atoms with Crippen molar-refractivity contribution < 1.29 is 19.1 Å². The van der Waals surface area contributed by atoms with Gasteiger partial charge in [-0.1, -0.05) is 36.4 Å². The zero-order valence-corrected chi connectivity index (χ0v) is 15.6. The number of hydrazine groups is 1. The molecule has 3 aromatic carbocycles. The minimum Gasteiger partial charge on any atom is -0.497 e. The summed E-state index contributed by atoms with van der Waals surface area (Å²) in [5, 5.41) is 4.70. The van der Waals surface area contributed by atoms with Crippen LogP contribution < -0.4 is 25.6 Å². The Morgan fingerprint density at radius 2 is 1.64 bits per heavy atom. The topological polar surface area (TPSA) is 88.7 Å². The molecule has 0 aliphatic heterocycles. The third kappa shape index (κ3) is 4.91. The molecule has 0 bridgehead atoms. The molecule has 144 valence electrons. The van der Waals surface area contributed by atoms with Crippen LogP contribution in [-0.4, -0.2) is 25.2 Å². The molecule has 0 radical (unpaired) electrons. The molecular formula is C21H21N3O4. The van der Waals surface area contributed by atoms with E-state index in [-0.39, 0.29) is 0 Å². The molecule has 1 atom stereocenters. The van der Waals surface area contributed by atoms with Crippen LogP contribution in [0.25, 0.3) is 10.8 Å². The minimum absolute atomic E-state index is 0.478. The fraction of sp³-hybridized carbons (Fsp3) is 0.143. The summed E-state index contributed by atoms with van der Waals surface area (Å²) < 4.78 is 10.8. The van der Waals surface area contributed by atoms with Gasteiger partial charge in [0.25, 0.3) is 5.91 Å². The Bertz CT molecular complexity index is 990. The SMILES string of the molecule is COc1cccc(NC(=O)NNC(=O)[C@@H](C)Oc2ccc3ccccc3c2)c1. The van der Waals surface area contributed by atoms with Crippen LogP contribution in [0.4, 0.5) is 10.5 Å². The van der Waals surface area contributed by atoms with Crippen molar-refractivity contribution in [2.45, 2.75) is 13.0 Å². The summed E-state index contributed by atoms with van der Waals surface area (Å²) in [7, 11) is 1.54. The molecule has 0 aromatic heterocycles. The quantitative estimate of drug-likeness (QED) is 0.592. The van der Waals surface area contributed by atoms with Crippen molar-refractivity contribution in [2.75, 3.05) is 12.4 Å². The van der Waals surface area contributed by atoms with Crippen molar-refractivity contribution in [2.24, 2.45) is 0 Å². The fourth-order valence-electron chi connectivity index (χ4n) is 2.58. The van der Waals surface area contributed by atoms with Crippen molar-refractivity contribution in [3.05, 3.63) is 66.7 Å². The van der Waals surface area contributed by atoms with E-state index in [1.54, 1.807) is 37.3 Å². The van der Waals surface area contributed by atoms with E-state index < -0.39 is 18.0 Å². The normalized spacial score (nSPS) is 11.4. The van der Waals surface area contributed by atoms with Gasteiger partial charge in [-0.2, -0.15) is 0 Å². The van der Waals surface area contributed by atoms with Gasteiger partial charge >= 0.3 is 6.03 Å². The van der Waals surface area contributed by atoms with E-state index in [2.05, 4.69) is 16.2 Å². The van der Waals surface area contributed by atoms with Crippen LogP contribution in [0.1, 0.15) is 6.92 Å². The number of hydrogen-bond donors (Lipinski definition) is 3. The molecule has 0 spiro atoms. The standard InChI is InChI=1S/C21H21N3O4/c1-14(28-19-11-10-15-6-3-4-7-16(15)12-19)20(25)23-24-21(26)22-17-8-5-9-18(13-17)27-2/h3-14H,1-2H3,(H,23,25)(H2,22,24,26)/t14-/m1/s1. The smallest absolute Gasteiger partial charge is 0.337 e. The lowest BCUT2D eigenvalue weighted by molar-refractivity contribution is -0.127. The fourth-order valence-corrected chi connectivity index (χ4v) is 2.58. The van der Waals surface area contributed by atoms with Gasteiger partial charge in [-0.25, -0.2) is 10.2 Å². The number of nitrogens with one attached hydrogen (secondary N) is 3. The molecule has 7 heteroatoms. The number of hydrogen-bond acceptors (Lipinski definition) is 4. The lowest BCUT2D eigenvalue weighted by Gasteiger charge is -2.16. The predicted octanol–water partition coefficient (Wildman–Crippen LogP) is 3.47. The van der Waals surface area contributed by atoms with E-state index in [0.717, 1.165) is 10.8 Å². The molecule has 3 N–H and O–H groups in total. The summed E-state index contributed by atoms with van der Waals surface area (Å²) in [4.78, 5) is 24.1. The van der Waals surface area contributed by atoms with Crippen LogP contribution in [0.2, 0.25) is 0 Å². The van der Waals surface area contributed by atoms with Crippen LogP contribution in [0.5, 0.6) is 11.5 Å². The highest BCUT2D eigenvalue weighted by Gasteiger charge is 2.15. The van der Waals surface area contributed by atoms with E-state index in [1.807, 2.05) is 36.4 Å². The Labute approximate surface area is 162 Å². The summed E-state index contributed by atoms with van der Waals surface area (Å²) in [6.07, 6.45) is -0.793. The van der Waals surface area contributed by atoms with Gasteiger partial charge in [-0.15, -0.1) is 0 Å². The van der Waals surface area contributed by atoms with Gasteiger partial charge in [0.2, 0.25) is 0 Å². The molecule has 0 fully saturated rings. The van der Waals surface area contributed by atoms with Crippen LogP contribution >= 0.6 is 0 Å². The van der Waals surface area contributed by atoms with Crippen LogP contribution in [0, 0.1) is 0 Å². The maximum atomic E-state index is 12.2. The average molecular weight is 379 g/mol. The van der Waals surface area contributed by atoms with Gasteiger partial charge in [0.1, 0.15) is 11.5 Å². The third-order valence-corrected chi connectivity index (χ3v) is 4.03. The highest BCUT2D eigenvalue weighted by molar-refractivity contribution is 5.91. The monoisotopic (exact) mass is 379 g/mol. The number of ether oxygens (including phenoxy) is 2. The number of benzene rings is 3. The molecule has 3 rings (SSSR count). The Balaban J connectivity index is 1.51. The predicted molar refractivity (Wildman–Crippen MR) is 107 cm³/mol. The highest BCUT2D eigenvalue weighted by atomic mass is 16.5. The van der Waals surface area contributed by atoms with Crippen molar-refractivity contribution in [1.82, 2.24) is 10.9 Å². The number of methoxy groups -OCH3 is 1. The maximum absolute atomic E-state index is 12.2. The second-order valence-corrected chi connectivity index (χ2v) is 6.07. The summed E-state index contributed by atoms with van der Waals surface area (Å²) >= 11 is 0. The van der Waals surface area contributed by atoms with Gasteiger partial charge < -0.3 is 14.8 Å². The van der Waals surface area contributed by atoms with E-state index in [9.17, 15) is 9.59 Å². The van der Waals surface area contributed by atoms with Crippen molar-refractivity contribution in [1.29, 1.82) is 0 Å². The molecule has 0 saturated heterocycles. The summed E-state index contributed by atoms with van der Waals surface area (Å²) in [6, 6.07) is 19.7. The van der Waals surface area contributed by atoms with E-state index >= 15 is 0 Å². The molecule has 28 heavy (non-hydrogen) atoms. The number of urea groups is 1. The number of amides is 3. The molecule has 0 aliphatic carbocycles. The number of carbonyl (C=O) groups excluding carboxylic acids is 2. The molecule has 0 aliphatic rings. The molecule has 3 aromatic rings. The van der Waals surface area contributed by atoms with Crippen molar-refractivity contribution in [3.63, 3.8) is 0 Å². The second-order valence-electron chi connectivity index (χ2n) is 6.07. The Morgan fingerprint density at radius 3 is 2.43 bits per heavy atom. The number of fused-ring (bicyclic) bond motifs is 1. The largest absolute Gasteiger partial charge is 0.497 e. The van der Waals surface area contributed by atoms with Crippen LogP contribution in [0.15, 0.2) is 66.7 Å². The molecule has 0 heterocycles. The first-order valence-corrected chi connectivity index (χ1v) is 8.71. The highest BCUT2D eigenvalue weighted by Crippen LogP contribution is 2.21.